The molecule has 0 aliphatic heterocycles. The third kappa shape index (κ3) is 4.39. The minimum atomic E-state index is -0.667. The summed E-state index contributed by atoms with van der Waals surface area (Å²) in [6.45, 7) is 10.1. The predicted molar refractivity (Wildman–Crippen MR) is 122 cm³/mol. The summed E-state index contributed by atoms with van der Waals surface area (Å²) in [4.78, 5) is 14.4. The molecule has 3 rings (SSSR count). The zero-order chi connectivity index (χ0) is 21.9. The minimum Gasteiger partial charge on any atom is -0.418 e. The highest BCUT2D eigenvalue weighted by Crippen LogP contribution is 2.50. The van der Waals surface area contributed by atoms with Crippen molar-refractivity contribution in [3.05, 3.63) is 59.9 Å². The normalized spacial score (nSPS) is 21.9. The molecule has 4 nitrogen and oxygen atoms in total. The quantitative estimate of drug-likeness (QED) is 0.567. The van der Waals surface area contributed by atoms with Gasteiger partial charge in [-0.15, -0.1) is 0 Å². The van der Waals surface area contributed by atoms with Crippen molar-refractivity contribution in [3.8, 4) is 0 Å². The van der Waals surface area contributed by atoms with Crippen molar-refractivity contribution in [2.75, 3.05) is 0 Å². The summed E-state index contributed by atoms with van der Waals surface area (Å²) < 4.78 is 5.65. The van der Waals surface area contributed by atoms with Crippen LogP contribution in [0.3, 0.4) is 0 Å². The van der Waals surface area contributed by atoms with E-state index < -0.39 is 11.5 Å². The molecule has 2 atom stereocenters. The monoisotopic (exact) mass is 409 g/mol. The van der Waals surface area contributed by atoms with Crippen molar-refractivity contribution in [1.29, 1.82) is 0 Å². The standard InChI is InChI=1S/C26H35NO3/c1-18(2)27(19(3)4)25(29)30-17-21-13-8-9-16-26(21,5)24(28)23-15-10-12-20-11-6-7-14-22(20)23/h6-7,10-12,14-15,17-19,24,28H,8-9,13,16H2,1-5H3/b21-17+/t24-,26+/m1/s1. The third-order valence-corrected chi connectivity index (χ3v) is 6.47. The minimum absolute atomic E-state index is 0.0647. The van der Waals surface area contributed by atoms with E-state index in [1.807, 2.05) is 52.0 Å². The van der Waals surface area contributed by atoms with E-state index in [-0.39, 0.29) is 18.2 Å². The molecule has 1 saturated carbocycles. The molecule has 1 N–H and O–H groups in total. The van der Waals surface area contributed by atoms with Crippen LogP contribution in [-0.4, -0.2) is 28.2 Å². The number of rotatable bonds is 5. The van der Waals surface area contributed by atoms with E-state index in [0.29, 0.717) is 0 Å². The first-order chi connectivity index (χ1) is 14.3. The Bertz CT molecular complexity index is 904. The maximum absolute atomic E-state index is 12.7. The van der Waals surface area contributed by atoms with Gasteiger partial charge in [-0.05, 0) is 68.9 Å². The number of amides is 1. The van der Waals surface area contributed by atoms with Crippen LogP contribution < -0.4 is 0 Å². The van der Waals surface area contributed by atoms with Crippen LogP contribution >= 0.6 is 0 Å². The molecule has 1 aliphatic rings. The highest BCUT2D eigenvalue weighted by molar-refractivity contribution is 5.86. The first-order valence-corrected chi connectivity index (χ1v) is 11.1. The van der Waals surface area contributed by atoms with Crippen molar-refractivity contribution < 1.29 is 14.6 Å². The van der Waals surface area contributed by atoms with Crippen LogP contribution in [0.4, 0.5) is 4.79 Å². The summed E-state index contributed by atoms with van der Waals surface area (Å²) in [6, 6.07) is 14.4. The number of aliphatic hydroxyl groups excluding tert-OH is 1. The Kier molecular flexibility index (Phi) is 6.87. The van der Waals surface area contributed by atoms with Crippen molar-refractivity contribution in [2.24, 2.45) is 5.41 Å². The maximum Gasteiger partial charge on any atom is 0.415 e. The van der Waals surface area contributed by atoms with Gasteiger partial charge in [0.05, 0.1) is 12.4 Å². The fraction of sp³-hybridized carbons (Fsp3) is 0.500. The van der Waals surface area contributed by atoms with E-state index in [9.17, 15) is 9.90 Å². The van der Waals surface area contributed by atoms with Gasteiger partial charge in [-0.2, -0.15) is 0 Å². The molecule has 1 aliphatic carbocycles. The fourth-order valence-electron chi connectivity index (χ4n) is 4.79. The van der Waals surface area contributed by atoms with Crippen molar-refractivity contribution >= 4 is 16.9 Å². The molecule has 1 amide bonds. The van der Waals surface area contributed by atoms with Gasteiger partial charge in [-0.1, -0.05) is 55.8 Å². The summed E-state index contributed by atoms with van der Waals surface area (Å²) in [5.41, 5.74) is 1.47. The Morgan fingerprint density at radius 1 is 1.07 bits per heavy atom. The molecular weight excluding hydrogens is 374 g/mol. The summed E-state index contributed by atoms with van der Waals surface area (Å²) in [5.74, 6) is 0. The van der Waals surface area contributed by atoms with Gasteiger partial charge in [0.25, 0.3) is 0 Å². The number of benzene rings is 2. The van der Waals surface area contributed by atoms with Gasteiger partial charge in [0, 0.05) is 17.5 Å². The Labute approximate surface area is 180 Å². The average molecular weight is 410 g/mol. The smallest absolute Gasteiger partial charge is 0.415 e. The number of carbonyl (C=O) groups is 1. The lowest BCUT2D eigenvalue weighted by Gasteiger charge is -2.40. The van der Waals surface area contributed by atoms with Crippen LogP contribution in [0, 0.1) is 5.41 Å². The molecule has 0 radical (unpaired) electrons. The summed E-state index contributed by atoms with van der Waals surface area (Å²) in [6.07, 6.45) is 4.40. The Morgan fingerprint density at radius 3 is 2.43 bits per heavy atom. The lowest BCUT2D eigenvalue weighted by atomic mass is 9.66. The number of nitrogens with zero attached hydrogens (tertiary/aromatic N) is 1. The molecule has 1 fully saturated rings. The van der Waals surface area contributed by atoms with Gasteiger partial charge in [-0.3, -0.25) is 0 Å². The van der Waals surface area contributed by atoms with E-state index >= 15 is 0 Å². The second-order valence-electron chi connectivity index (χ2n) is 9.22. The van der Waals surface area contributed by atoms with Crippen LogP contribution in [0.2, 0.25) is 0 Å². The van der Waals surface area contributed by atoms with E-state index in [2.05, 4.69) is 25.1 Å². The van der Waals surface area contributed by atoms with Gasteiger partial charge >= 0.3 is 6.09 Å². The molecule has 2 aromatic carbocycles. The summed E-state index contributed by atoms with van der Waals surface area (Å²) >= 11 is 0. The largest absolute Gasteiger partial charge is 0.418 e. The number of hydrogen-bond acceptors (Lipinski definition) is 3. The van der Waals surface area contributed by atoms with Gasteiger partial charge in [0.2, 0.25) is 0 Å². The number of aliphatic hydroxyl groups is 1. The molecule has 0 bridgehead atoms. The SMILES string of the molecule is CC(C)N(C(=O)O/C=C1\CCCC[C@]1(C)[C@H](O)c1cccc2ccccc12)C(C)C. The van der Waals surface area contributed by atoms with E-state index in [4.69, 9.17) is 4.74 Å². The lowest BCUT2D eigenvalue weighted by Crippen LogP contribution is -2.42. The zero-order valence-electron chi connectivity index (χ0n) is 18.9. The lowest BCUT2D eigenvalue weighted by molar-refractivity contribution is 0.0412. The summed E-state index contributed by atoms with van der Waals surface area (Å²) in [5, 5.41) is 13.7. The van der Waals surface area contributed by atoms with Crippen LogP contribution in [0.1, 0.15) is 72.0 Å². The van der Waals surface area contributed by atoms with E-state index in [1.54, 1.807) is 11.2 Å². The van der Waals surface area contributed by atoms with E-state index in [1.165, 1.54) is 0 Å². The molecule has 0 spiro atoms. The highest BCUT2D eigenvalue weighted by atomic mass is 16.5. The van der Waals surface area contributed by atoms with E-state index in [0.717, 1.165) is 47.6 Å². The van der Waals surface area contributed by atoms with Gasteiger partial charge in [0.15, 0.2) is 0 Å². The average Bonchev–Trinajstić information content (AvgIpc) is 2.71. The number of hydrogen-bond donors (Lipinski definition) is 1. The molecule has 162 valence electrons. The van der Waals surface area contributed by atoms with Crippen LogP contribution in [0.5, 0.6) is 0 Å². The first kappa shape index (κ1) is 22.4. The number of ether oxygens (including phenoxy) is 1. The summed E-state index contributed by atoms with van der Waals surface area (Å²) in [7, 11) is 0. The number of fused-ring (bicyclic) bond motifs is 1. The first-order valence-electron chi connectivity index (χ1n) is 11.1. The number of carbonyl (C=O) groups excluding carboxylic acids is 1. The predicted octanol–water partition coefficient (Wildman–Crippen LogP) is 6.59. The molecule has 0 aromatic heterocycles. The molecule has 4 heteroatoms. The highest BCUT2D eigenvalue weighted by Gasteiger charge is 2.40. The second-order valence-corrected chi connectivity index (χ2v) is 9.22. The van der Waals surface area contributed by atoms with Gasteiger partial charge < -0.3 is 14.7 Å². The molecule has 0 unspecified atom stereocenters. The molecule has 30 heavy (non-hydrogen) atoms. The van der Waals surface area contributed by atoms with Gasteiger partial charge in [0.1, 0.15) is 0 Å². The topological polar surface area (TPSA) is 49.8 Å². The second kappa shape index (κ2) is 9.22. The van der Waals surface area contributed by atoms with Crippen LogP contribution in [0.15, 0.2) is 54.3 Å². The van der Waals surface area contributed by atoms with Crippen molar-refractivity contribution in [1.82, 2.24) is 4.90 Å². The van der Waals surface area contributed by atoms with Crippen LogP contribution in [0.25, 0.3) is 10.8 Å². The Hall–Kier alpha value is -2.33. The maximum atomic E-state index is 12.7. The van der Waals surface area contributed by atoms with Crippen molar-refractivity contribution in [2.45, 2.75) is 78.5 Å². The Balaban J connectivity index is 1.91. The third-order valence-electron chi connectivity index (χ3n) is 6.47. The molecule has 2 aromatic rings. The van der Waals surface area contributed by atoms with Crippen molar-refractivity contribution in [3.63, 3.8) is 0 Å². The molecular formula is C26H35NO3. The molecule has 0 saturated heterocycles. The molecule has 0 heterocycles. The fourth-order valence-corrected chi connectivity index (χ4v) is 4.79. The van der Waals surface area contributed by atoms with Gasteiger partial charge in [-0.25, -0.2) is 4.79 Å². The zero-order valence-corrected chi connectivity index (χ0v) is 18.9. The van der Waals surface area contributed by atoms with Crippen LogP contribution in [-0.2, 0) is 4.74 Å². The Morgan fingerprint density at radius 2 is 1.73 bits per heavy atom.